The molecule has 6 heteroatoms. The molecule has 0 radical (unpaired) electrons. The molecule has 0 aliphatic rings. The van der Waals surface area contributed by atoms with E-state index in [9.17, 15) is 13.6 Å². The van der Waals surface area contributed by atoms with E-state index in [0.717, 1.165) is 0 Å². The van der Waals surface area contributed by atoms with Crippen LogP contribution in [-0.4, -0.2) is 26.1 Å². The summed E-state index contributed by atoms with van der Waals surface area (Å²) in [6.07, 6.45) is -2.54. The van der Waals surface area contributed by atoms with Crippen molar-refractivity contribution in [2.24, 2.45) is 0 Å². The van der Waals surface area contributed by atoms with E-state index in [2.05, 4.69) is 4.74 Å². The zero-order chi connectivity index (χ0) is 12.8. The molecular weight excluding hydrogens is 232 g/mol. The second-order valence-electron chi connectivity index (χ2n) is 3.28. The third-order valence-electron chi connectivity index (χ3n) is 2.07. The maximum absolute atomic E-state index is 11.9. The molecule has 0 aliphatic carbocycles. The van der Waals surface area contributed by atoms with Crippen molar-refractivity contribution in [2.45, 2.75) is 13.0 Å². The Balaban J connectivity index is 2.83. The Morgan fingerprint density at radius 3 is 2.76 bits per heavy atom. The van der Waals surface area contributed by atoms with Gasteiger partial charge in [-0.25, -0.2) is 13.6 Å². The summed E-state index contributed by atoms with van der Waals surface area (Å²) in [6.45, 7) is -0.796. The van der Waals surface area contributed by atoms with Gasteiger partial charge in [0, 0.05) is 5.69 Å². The molecule has 0 amide bonds. The number of anilines is 1. The van der Waals surface area contributed by atoms with Gasteiger partial charge >= 0.3 is 5.97 Å². The highest BCUT2D eigenvalue weighted by molar-refractivity contribution is 5.96. The van der Waals surface area contributed by atoms with E-state index in [0.29, 0.717) is 5.56 Å². The Morgan fingerprint density at radius 1 is 1.47 bits per heavy atom. The van der Waals surface area contributed by atoms with Gasteiger partial charge in [-0.05, 0) is 11.6 Å². The maximum Gasteiger partial charge on any atom is 0.340 e. The van der Waals surface area contributed by atoms with Gasteiger partial charge in [0.05, 0.1) is 19.3 Å². The van der Waals surface area contributed by atoms with Crippen LogP contribution in [0.15, 0.2) is 18.2 Å². The van der Waals surface area contributed by atoms with Gasteiger partial charge in [0.25, 0.3) is 6.43 Å². The SMILES string of the molecule is COC(=O)c1c(N)cccc1COCC(F)F. The smallest absolute Gasteiger partial charge is 0.340 e. The number of carbonyl (C=O) groups excluding carboxylic acids is 1. The van der Waals surface area contributed by atoms with Crippen molar-refractivity contribution >= 4 is 11.7 Å². The third-order valence-corrected chi connectivity index (χ3v) is 2.07. The number of esters is 1. The highest BCUT2D eigenvalue weighted by atomic mass is 19.3. The second kappa shape index (κ2) is 6.15. The highest BCUT2D eigenvalue weighted by Gasteiger charge is 2.15. The number of hydrogen-bond acceptors (Lipinski definition) is 4. The number of rotatable bonds is 5. The zero-order valence-corrected chi connectivity index (χ0v) is 9.28. The molecule has 1 aromatic rings. The Labute approximate surface area is 97.3 Å². The van der Waals surface area contributed by atoms with E-state index in [4.69, 9.17) is 10.5 Å². The molecule has 4 nitrogen and oxygen atoms in total. The fraction of sp³-hybridized carbons (Fsp3) is 0.364. The largest absolute Gasteiger partial charge is 0.465 e. The van der Waals surface area contributed by atoms with Crippen LogP contribution in [0, 0.1) is 0 Å². The number of benzene rings is 1. The zero-order valence-electron chi connectivity index (χ0n) is 9.28. The number of nitrogens with two attached hydrogens (primary N) is 1. The van der Waals surface area contributed by atoms with Crippen LogP contribution in [0.4, 0.5) is 14.5 Å². The molecule has 0 spiro atoms. The minimum atomic E-state index is -2.54. The Hall–Kier alpha value is -1.69. The molecule has 0 unspecified atom stereocenters. The van der Waals surface area contributed by atoms with Crippen LogP contribution in [0.1, 0.15) is 15.9 Å². The van der Waals surface area contributed by atoms with Crippen LogP contribution in [0.5, 0.6) is 0 Å². The summed E-state index contributed by atoms with van der Waals surface area (Å²) in [7, 11) is 1.22. The fourth-order valence-electron chi connectivity index (χ4n) is 1.35. The number of halogens is 2. The molecule has 0 saturated carbocycles. The number of carbonyl (C=O) groups is 1. The van der Waals surface area contributed by atoms with Crippen LogP contribution in [0.25, 0.3) is 0 Å². The second-order valence-corrected chi connectivity index (χ2v) is 3.28. The van der Waals surface area contributed by atoms with Crippen molar-refractivity contribution in [1.82, 2.24) is 0 Å². The number of nitrogen functional groups attached to an aromatic ring is 1. The normalized spacial score (nSPS) is 10.6. The predicted octanol–water partition coefficient (Wildman–Crippen LogP) is 1.84. The van der Waals surface area contributed by atoms with Crippen molar-refractivity contribution in [3.8, 4) is 0 Å². The van der Waals surface area contributed by atoms with E-state index in [1.165, 1.54) is 13.2 Å². The lowest BCUT2D eigenvalue weighted by molar-refractivity contribution is 0.00950. The van der Waals surface area contributed by atoms with Crippen LogP contribution in [0.2, 0.25) is 0 Å². The van der Waals surface area contributed by atoms with Crippen molar-refractivity contribution in [3.63, 3.8) is 0 Å². The van der Waals surface area contributed by atoms with Crippen molar-refractivity contribution in [2.75, 3.05) is 19.5 Å². The summed E-state index contributed by atoms with van der Waals surface area (Å²) in [4.78, 5) is 11.4. The van der Waals surface area contributed by atoms with Crippen molar-refractivity contribution < 1.29 is 23.0 Å². The third kappa shape index (κ3) is 3.67. The lowest BCUT2D eigenvalue weighted by Gasteiger charge is -2.10. The summed E-state index contributed by atoms with van der Waals surface area (Å²) < 4.78 is 33.1. The Bertz CT molecular complexity index is 396. The molecule has 0 atom stereocenters. The lowest BCUT2D eigenvalue weighted by atomic mass is 10.1. The van der Waals surface area contributed by atoms with Gasteiger partial charge in [-0.15, -0.1) is 0 Å². The summed E-state index contributed by atoms with van der Waals surface area (Å²) in [5.74, 6) is -0.612. The molecule has 0 aliphatic heterocycles. The summed E-state index contributed by atoms with van der Waals surface area (Å²) in [5, 5.41) is 0. The number of ether oxygens (including phenoxy) is 2. The Kier molecular flexibility index (Phi) is 4.84. The van der Waals surface area contributed by atoms with Gasteiger partial charge in [0.2, 0.25) is 0 Å². The minimum Gasteiger partial charge on any atom is -0.465 e. The van der Waals surface area contributed by atoms with Gasteiger partial charge in [-0.2, -0.15) is 0 Å². The van der Waals surface area contributed by atoms with Crippen molar-refractivity contribution in [1.29, 1.82) is 0 Å². The van der Waals surface area contributed by atoms with Gasteiger partial charge in [0.15, 0.2) is 0 Å². The number of hydrogen-bond donors (Lipinski definition) is 1. The van der Waals surface area contributed by atoms with E-state index in [1.807, 2.05) is 0 Å². The van der Waals surface area contributed by atoms with Crippen LogP contribution in [0.3, 0.4) is 0 Å². The highest BCUT2D eigenvalue weighted by Crippen LogP contribution is 2.19. The summed E-state index contributed by atoms with van der Waals surface area (Å²) in [5.41, 5.74) is 6.44. The van der Waals surface area contributed by atoms with E-state index in [1.54, 1.807) is 12.1 Å². The molecule has 1 aromatic carbocycles. The predicted molar refractivity (Wildman–Crippen MR) is 57.9 cm³/mol. The number of methoxy groups -OCH3 is 1. The van der Waals surface area contributed by atoms with Crippen LogP contribution < -0.4 is 5.73 Å². The molecule has 0 heterocycles. The van der Waals surface area contributed by atoms with E-state index < -0.39 is 19.0 Å². The molecular formula is C11H13F2NO3. The van der Waals surface area contributed by atoms with Crippen molar-refractivity contribution in [3.05, 3.63) is 29.3 Å². The molecule has 0 aromatic heterocycles. The van der Waals surface area contributed by atoms with Crippen LogP contribution >= 0.6 is 0 Å². The average molecular weight is 245 g/mol. The molecule has 0 fully saturated rings. The van der Waals surface area contributed by atoms with Gasteiger partial charge in [-0.3, -0.25) is 0 Å². The summed E-state index contributed by atoms with van der Waals surface area (Å²) in [6, 6.07) is 4.72. The first-order valence-corrected chi connectivity index (χ1v) is 4.87. The molecule has 94 valence electrons. The molecule has 2 N–H and O–H groups in total. The molecule has 0 bridgehead atoms. The quantitative estimate of drug-likeness (QED) is 0.635. The van der Waals surface area contributed by atoms with Gasteiger partial charge in [0.1, 0.15) is 6.61 Å². The molecule has 1 rings (SSSR count). The topological polar surface area (TPSA) is 61.5 Å². The summed E-state index contributed by atoms with van der Waals surface area (Å²) >= 11 is 0. The average Bonchev–Trinajstić information content (AvgIpc) is 2.28. The first kappa shape index (κ1) is 13.4. The standard InChI is InChI=1S/C11H13F2NO3/c1-16-11(15)10-7(3-2-4-8(10)14)5-17-6-9(12)13/h2-4,9H,5-6,14H2,1H3. The molecule has 0 saturated heterocycles. The minimum absolute atomic E-state index is 0.111. The van der Waals surface area contributed by atoms with Gasteiger partial charge in [-0.1, -0.05) is 12.1 Å². The van der Waals surface area contributed by atoms with E-state index in [-0.39, 0.29) is 17.9 Å². The number of alkyl halides is 2. The lowest BCUT2D eigenvalue weighted by Crippen LogP contribution is -2.12. The maximum atomic E-state index is 11.9. The Morgan fingerprint density at radius 2 is 2.18 bits per heavy atom. The van der Waals surface area contributed by atoms with E-state index >= 15 is 0 Å². The monoisotopic (exact) mass is 245 g/mol. The first-order chi connectivity index (χ1) is 8.06. The fourth-order valence-corrected chi connectivity index (χ4v) is 1.35. The first-order valence-electron chi connectivity index (χ1n) is 4.87. The van der Waals surface area contributed by atoms with Gasteiger partial charge < -0.3 is 15.2 Å². The molecule has 17 heavy (non-hydrogen) atoms. The van der Waals surface area contributed by atoms with Crippen LogP contribution in [-0.2, 0) is 16.1 Å².